The normalized spacial score (nSPS) is 12.5. The van der Waals surface area contributed by atoms with Crippen LogP contribution in [0.3, 0.4) is 0 Å². The van der Waals surface area contributed by atoms with Gasteiger partial charge in [-0.2, -0.15) is 0 Å². The number of ether oxygens (including phenoxy) is 3. The minimum absolute atomic E-state index is 0.0692. The van der Waals surface area contributed by atoms with E-state index in [0.717, 1.165) is 27.5 Å². The van der Waals surface area contributed by atoms with E-state index in [1.807, 2.05) is 101 Å². The van der Waals surface area contributed by atoms with E-state index in [2.05, 4.69) is 5.32 Å². The lowest BCUT2D eigenvalue weighted by molar-refractivity contribution is -0.139. The van der Waals surface area contributed by atoms with Crippen molar-refractivity contribution in [3.63, 3.8) is 0 Å². The molecule has 0 saturated heterocycles. The molecule has 1 amide bonds. The van der Waals surface area contributed by atoms with Crippen molar-refractivity contribution in [2.75, 3.05) is 7.11 Å². The summed E-state index contributed by atoms with van der Waals surface area (Å²) < 4.78 is 16.7. The van der Waals surface area contributed by atoms with E-state index in [0.29, 0.717) is 29.9 Å². The fraction of sp³-hybridized carbons (Fsp3) is 0.333. The second-order valence-corrected chi connectivity index (χ2v) is 10.4. The predicted octanol–water partition coefficient (Wildman–Crippen LogP) is 7.63. The number of methoxy groups -OCH3 is 1. The lowest BCUT2D eigenvalue weighted by Crippen LogP contribution is -2.32. The summed E-state index contributed by atoms with van der Waals surface area (Å²) in [7, 11) is 1.37. The van der Waals surface area contributed by atoms with Gasteiger partial charge in [0.1, 0.15) is 17.1 Å². The standard InChI is InChI=1S/C33H39NO6/c1-7-25(39-30-17-16-23-13-9-10-15-26(23)28(30)20-31(36)38-6)19-27(29(35)8-2)24-14-11-12-22(18-24)21-34-32(37)40-33(3,4)5/h9-19,35H,7-8,20-21H2,1-6H3,(H,34,37)/b25-19+,29-27-. The number of aliphatic hydroxyl groups excluding tert-OH is 1. The lowest BCUT2D eigenvalue weighted by atomic mass is 9.99. The number of allylic oxidation sites excluding steroid dienone is 4. The molecule has 0 spiro atoms. The monoisotopic (exact) mass is 545 g/mol. The third kappa shape index (κ3) is 8.37. The van der Waals surface area contributed by atoms with Crippen molar-refractivity contribution in [1.82, 2.24) is 5.32 Å². The number of esters is 1. The largest absolute Gasteiger partial charge is 0.512 e. The first-order valence-corrected chi connectivity index (χ1v) is 13.5. The molecule has 0 unspecified atom stereocenters. The maximum atomic E-state index is 12.3. The molecule has 2 N–H and O–H groups in total. The van der Waals surface area contributed by atoms with E-state index in [-0.39, 0.29) is 24.7 Å². The second-order valence-electron chi connectivity index (χ2n) is 10.4. The van der Waals surface area contributed by atoms with Gasteiger partial charge in [-0.25, -0.2) is 4.79 Å². The van der Waals surface area contributed by atoms with E-state index in [9.17, 15) is 14.7 Å². The van der Waals surface area contributed by atoms with Gasteiger partial charge in [-0.3, -0.25) is 4.79 Å². The summed E-state index contributed by atoms with van der Waals surface area (Å²) in [5.41, 5.74) is 2.41. The molecule has 3 aromatic rings. The van der Waals surface area contributed by atoms with Crippen LogP contribution < -0.4 is 10.1 Å². The molecule has 40 heavy (non-hydrogen) atoms. The lowest BCUT2D eigenvalue weighted by Gasteiger charge is -2.19. The van der Waals surface area contributed by atoms with Gasteiger partial charge >= 0.3 is 12.1 Å². The molecule has 3 aromatic carbocycles. The highest BCUT2D eigenvalue weighted by atomic mass is 16.6. The first kappa shape index (κ1) is 30.3. The fourth-order valence-electron chi connectivity index (χ4n) is 4.18. The van der Waals surface area contributed by atoms with Crippen LogP contribution in [0.25, 0.3) is 16.3 Å². The predicted molar refractivity (Wildman–Crippen MR) is 158 cm³/mol. The molecule has 3 rings (SSSR count). The van der Waals surface area contributed by atoms with Gasteiger partial charge in [-0.1, -0.05) is 62.4 Å². The SMILES string of the molecule is CC/C(O)=C(\C=C(/CC)Oc1ccc2ccccc2c1CC(=O)OC)c1cccc(CNC(=O)OC(C)(C)C)c1. The number of benzene rings is 3. The number of rotatable bonds is 10. The Bertz CT molecular complexity index is 1410. The van der Waals surface area contributed by atoms with Crippen LogP contribution in [0.4, 0.5) is 4.79 Å². The van der Waals surface area contributed by atoms with E-state index in [1.165, 1.54) is 7.11 Å². The number of carbonyl (C=O) groups excluding carboxylic acids is 2. The number of nitrogens with one attached hydrogen (secondary N) is 1. The van der Waals surface area contributed by atoms with E-state index >= 15 is 0 Å². The summed E-state index contributed by atoms with van der Waals surface area (Å²) in [5.74, 6) is 1.03. The Kier molecular flexibility index (Phi) is 10.4. The van der Waals surface area contributed by atoms with Crippen LogP contribution in [-0.2, 0) is 27.2 Å². The maximum Gasteiger partial charge on any atom is 0.407 e. The quantitative estimate of drug-likeness (QED) is 0.155. The van der Waals surface area contributed by atoms with Crippen LogP contribution in [-0.4, -0.2) is 29.9 Å². The zero-order chi connectivity index (χ0) is 29.3. The van der Waals surface area contributed by atoms with E-state index in [4.69, 9.17) is 14.2 Å². The molecule has 0 aliphatic rings. The minimum Gasteiger partial charge on any atom is -0.512 e. The van der Waals surface area contributed by atoms with Crippen LogP contribution in [0.15, 0.2) is 78.3 Å². The number of hydrogen-bond acceptors (Lipinski definition) is 6. The van der Waals surface area contributed by atoms with Gasteiger partial charge in [0.25, 0.3) is 0 Å². The zero-order valence-corrected chi connectivity index (χ0v) is 24.2. The highest BCUT2D eigenvalue weighted by Gasteiger charge is 2.17. The summed E-state index contributed by atoms with van der Waals surface area (Å²) in [6.45, 7) is 9.56. The van der Waals surface area contributed by atoms with Crippen LogP contribution in [0.2, 0.25) is 0 Å². The van der Waals surface area contributed by atoms with Crippen LogP contribution in [0.5, 0.6) is 5.75 Å². The van der Waals surface area contributed by atoms with Crippen molar-refractivity contribution >= 4 is 28.4 Å². The van der Waals surface area contributed by atoms with Gasteiger partial charge in [0, 0.05) is 30.5 Å². The van der Waals surface area contributed by atoms with Crippen molar-refractivity contribution in [2.45, 2.75) is 66.0 Å². The van der Waals surface area contributed by atoms with Gasteiger partial charge in [0.15, 0.2) is 0 Å². The summed E-state index contributed by atoms with van der Waals surface area (Å²) in [4.78, 5) is 24.4. The average molecular weight is 546 g/mol. The van der Waals surface area contributed by atoms with Crippen LogP contribution >= 0.6 is 0 Å². The van der Waals surface area contributed by atoms with Gasteiger partial charge in [-0.15, -0.1) is 0 Å². The Morgan fingerprint density at radius 3 is 2.40 bits per heavy atom. The van der Waals surface area contributed by atoms with Crippen molar-refractivity contribution in [3.05, 3.63) is 94.9 Å². The van der Waals surface area contributed by atoms with Gasteiger partial charge in [0.2, 0.25) is 0 Å². The highest BCUT2D eigenvalue weighted by molar-refractivity contribution is 5.91. The number of alkyl carbamates (subject to hydrolysis) is 1. The molecule has 0 bridgehead atoms. The molecule has 0 heterocycles. The number of amides is 1. The van der Waals surface area contributed by atoms with Crippen LogP contribution in [0.1, 0.15) is 64.2 Å². The summed E-state index contributed by atoms with van der Waals surface area (Å²) >= 11 is 0. The number of aliphatic hydroxyl groups is 1. The van der Waals surface area contributed by atoms with Gasteiger partial charge < -0.3 is 24.6 Å². The minimum atomic E-state index is -0.585. The Balaban J connectivity index is 1.94. The molecular formula is C33H39NO6. The summed E-state index contributed by atoms with van der Waals surface area (Å²) in [6, 6.07) is 19.2. The Labute approximate surface area is 236 Å². The molecule has 0 aliphatic carbocycles. The topological polar surface area (TPSA) is 94.1 Å². The second kappa shape index (κ2) is 13.7. The average Bonchev–Trinajstić information content (AvgIpc) is 2.93. The van der Waals surface area contributed by atoms with Crippen LogP contribution in [0, 0.1) is 0 Å². The zero-order valence-electron chi connectivity index (χ0n) is 24.2. The molecule has 7 heteroatoms. The highest BCUT2D eigenvalue weighted by Crippen LogP contribution is 2.32. The molecule has 0 fully saturated rings. The van der Waals surface area contributed by atoms with Crippen molar-refractivity contribution in [1.29, 1.82) is 0 Å². The molecule has 0 aliphatic heterocycles. The Hall–Kier alpha value is -4.26. The summed E-state index contributed by atoms with van der Waals surface area (Å²) in [5, 5.41) is 15.6. The first-order chi connectivity index (χ1) is 19.0. The van der Waals surface area contributed by atoms with Crippen molar-refractivity contribution < 1.29 is 28.9 Å². The third-order valence-corrected chi connectivity index (χ3v) is 6.16. The Morgan fingerprint density at radius 1 is 0.975 bits per heavy atom. The number of fused-ring (bicyclic) bond motifs is 1. The maximum absolute atomic E-state index is 12.3. The molecule has 0 saturated carbocycles. The molecular weight excluding hydrogens is 506 g/mol. The Morgan fingerprint density at radius 2 is 1.73 bits per heavy atom. The van der Waals surface area contributed by atoms with Gasteiger partial charge in [-0.05, 0) is 60.9 Å². The number of carbonyl (C=O) groups is 2. The molecule has 0 radical (unpaired) electrons. The van der Waals surface area contributed by atoms with E-state index in [1.54, 1.807) is 0 Å². The molecule has 0 aromatic heterocycles. The number of hydrogen-bond donors (Lipinski definition) is 2. The van der Waals surface area contributed by atoms with E-state index < -0.39 is 11.7 Å². The summed E-state index contributed by atoms with van der Waals surface area (Å²) in [6.07, 6.45) is 2.37. The fourth-order valence-corrected chi connectivity index (χ4v) is 4.18. The first-order valence-electron chi connectivity index (χ1n) is 13.5. The molecule has 0 atom stereocenters. The smallest absolute Gasteiger partial charge is 0.407 e. The van der Waals surface area contributed by atoms with Crippen molar-refractivity contribution in [3.8, 4) is 5.75 Å². The molecule has 7 nitrogen and oxygen atoms in total. The van der Waals surface area contributed by atoms with Gasteiger partial charge in [0.05, 0.1) is 19.3 Å². The van der Waals surface area contributed by atoms with Crippen molar-refractivity contribution in [2.24, 2.45) is 0 Å². The third-order valence-electron chi connectivity index (χ3n) is 6.16. The molecule has 212 valence electrons.